The van der Waals surface area contributed by atoms with Crippen LogP contribution in [-0.4, -0.2) is 14.3 Å². The number of hydrogen-bond acceptors (Lipinski definition) is 3. The minimum Gasteiger partial charge on any atom is -0.323 e. The molecule has 30 heavy (non-hydrogen) atoms. The van der Waals surface area contributed by atoms with Crippen molar-refractivity contribution in [2.75, 3.05) is 10.0 Å². The van der Waals surface area contributed by atoms with E-state index in [0.29, 0.717) is 16.4 Å². The SMILES string of the molecule is Cc1cc(C)cc(NS(=O)(=O)c2ccc(NC(=O)C=Cc3ccccc3Cl)cc2)c1. The second-order valence-electron chi connectivity index (χ2n) is 6.85. The molecule has 154 valence electrons. The monoisotopic (exact) mass is 440 g/mol. The van der Waals surface area contributed by atoms with Crippen molar-refractivity contribution in [2.45, 2.75) is 18.7 Å². The van der Waals surface area contributed by atoms with Crippen molar-refractivity contribution in [3.63, 3.8) is 0 Å². The normalized spacial score (nSPS) is 11.4. The van der Waals surface area contributed by atoms with Crippen LogP contribution in [0.1, 0.15) is 16.7 Å². The molecule has 1 amide bonds. The van der Waals surface area contributed by atoms with Gasteiger partial charge in [-0.1, -0.05) is 35.9 Å². The summed E-state index contributed by atoms with van der Waals surface area (Å²) in [5.74, 6) is -0.348. The van der Waals surface area contributed by atoms with Crippen molar-refractivity contribution in [3.05, 3.63) is 94.5 Å². The number of carbonyl (C=O) groups excluding carboxylic acids is 1. The summed E-state index contributed by atoms with van der Waals surface area (Å²) < 4.78 is 27.8. The van der Waals surface area contributed by atoms with Crippen molar-refractivity contribution in [1.29, 1.82) is 0 Å². The highest BCUT2D eigenvalue weighted by Gasteiger charge is 2.14. The largest absolute Gasteiger partial charge is 0.323 e. The molecule has 0 aromatic heterocycles. The molecule has 5 nitrogen and oxygen atoms in total. The summed E-state index contributed by atoms with van der Waals surface area (Å²) in [6.07, 6.45) is 2.98. The molecule has 0 bridgehead atoms. The van der Waals surface area contributed by atoms with Crippen molar-refractivity contribution >= 4 is 45.0 Å². The third-order valence-electron chi connectivity index (χ3n) is 4.23. The van der Waals surface area contributed by atoms with Crippen molar-refractivity contribution in [2.24, 2.45) is 0 Å². The van der Waals surface area contributed by atoms with Gasteiger partial charge in [0, 0.05) is 22.5 Å². The Bertz CT molecular complexity index is 1180. The molecule has 0 atom stereocenters. The summed E-state index contributed by atoms with van der Waals surface area (Å²) in [4.78, 5) is 12.2. The van der Waals surface area contributed by atoms with E-state index >= 15 is 0 Å². The second-order valence-corrected chi connectivity index (χ2v) is 8.94. The van der Waals surface area contributed by atoms with Gasteiger partial charge in [0.2, 0.25) is 5.91 Å². The van der Waals surface area contributed by atoms with Crippen LogP contribution in [-0.2, 0) is 14.8 Å². The Kier molecular flexibility index (Phi) is 6.59. The Hall–Kier alpha value is -3.09. The van der Waals surface area contributed by atoms with Gasteiger partial charge in [0.05, 0.1) is 4.90 Å². The molecule has 0 aliphatic heterocycles. The zero-order valence-electron chi connectivity index (χ0n) is 16.5. The van der Waals surface area contributed by atoms with Crippen molar-refractivity contribution < 1.29 is 13.2 Å². The first-order chi connectivity index (χ1) is 14.2. The summed E-state index contributed by atoms with van der Waals surface area (Å²) >= 11 is 6.06. The van der Waals surface area contributed by atoms with Crippen LogP contribution in [0.15, 0.2) is 77.7 Å². The van der Waals surface area contributed by atoms with Crippen molar-refractivity contribution in [1.82, 2.24) is 0 Å². The lowest BCUT2D eigenvalue weighted by Crippen LogP contribution is -2.13. The molecule has 0 aliphatic carbocycles. The first-order valence-electron chi connectivity index (χ1n) is 9.18. The fourth-order valence-electron chi connectivity index (χ4n) is 2.92. The first-order valence-corrected chi connectivity index (χ1v) is 11.0. The molecule has 3 aromatic rings. The molecule has 0 saturated carbocycles. The van der Waals surface area contributed by atoms with E-state index in [2.05, 4.69) is 10.0 Å². The minimum atomic E-state index is -3.73. The van der Waals surface area contributed by atoms with Gasteiger partial charge in [-0.05, 0) is 79.1 Å². The van der Waals surface area contributed by atoms with Gasteiger partial charge in [0.1, 0.15) is 0 Å². The predicted octanol–water partition coefficient (Wildman–Crippen LogP) is 5.41. The standard InChI is InChI=1S/C23H21ClN2O3S/c1-16-13-17(2)15-20(14-16)26-30(28,29)21-10-8-19(9-11-21)25-23(27)12-7-18-5-3-4-6-22(18)24/h3-15,26H,1-2H3,(H,25,27). The summed E-state index contributed by atoms with van der Waals surface area (Å²) in [7, 11) is -3.73. The van der Waals surface area contributed by atoms with Crippen molar-refractivity contribution in [3.8, 4) is 0 Å². The van der Waals surface area contributed by atoms with Crippen LogP contribution in [0.4, 0.5) is 11.4 Å². The number of nitrogens with one attached hydrogen (secondary N) is 2. The molecule has 0 fully saturated rings. The van der Waals surface area contributed by atoms with Gasteiger partial charge in [-0.2, -0.15) is 0 Å². The molecule has 3 rings (SSSR count). The first kappa shape index (κ1) is 21.6. The maximum Gasteiger partial charge on any atom is 0.261 e. The molecule has 3 aromatic carbocycles. The average Bonchev–Trinajstić information content (AvgIpc) is 2.66. The maximum atomic E-state index is 12.6. The van der Waals surface area contributed by atoms with E-state index in [4.69, 9.17) is 11.6 Å². The number of halogens is 1. The molecule has 2 N–H and O–H groups in total. The lowest BCUT2D eigenvalue weighted by atomic mass is 10.1. The van der Waals surface area contributed by atoms with E-state index in [1.165, 1.54) is 30.3 Å². The van der Waals surface area contributed by atoms with Gasteiger partial charge < -0.3 is 5.32 Å². The number of amides is 1. The van der Waals surface area contributed by atoms with Crippen LogP contribution in [0, 0.1) is 13.8 Å². The Morgan fingerprint density at radius 1 is 0.900 bits per heavy atom. The van der Waals surface area contributed by atoms with Gasteiger partial charge in [0.15, 0.2) is 0 Å². The van der Waals surface area contributed by atoms with Crippen LogP contribution in [0.3, 0.4) is 0 Å². The summed E-state index contributed by atoms with van der Waals surface area (Å²) in [5.41, 5.74) is 3.66. The highest BCUT2D eigenvalue weighted by atomic mass is 35.5. The number of sulfonamides is 1. The van der Waals surface area contributed by atoms with Gasteiger partial charge in [-0.15, -0.1) is 0 Å². The zero-order chi connectivity index (χ0) is 21.7. The highest BCUT2D eigenvalue weighted by molar-refractivity contribution is 7.92. The molecular formula is C23H21ClN2O3S. The smallest absolute Gasteiger partial charge is 0.261 e. The second kappa shape index (κ2) is 9.15. The zero-order valence-corrected chi connectivity index (χ0v) is 18.1. The van der Waals surface area contributed by atoms with Gasteiger partial charge in [-0.25, -0.2) is 8.42 Å². The minimum absolute atomic E-state index is 0.103. The molecule has 0 radical (unpaired) electrons. The molecular weight excluding hydrogens is 420 g/mol. The Morgan fingerprint density at radius 3 is 2.17 bits per heavy atom. The number of hydrogen-bond donors (Lipinski definition) is 2. The predicted molar refractivity (Wildman–Crippen MR) is 122 cm³/mol. The fraction of sp³-hybridized carbons (Fsp3) is 0.0870. The number of carbonyl (C=O) groups is 1. The Morgan fingerprint density at radius 2 is 1.53 bits per heavy atom. The quantitative estimate of drug-likeness (QED) is 0.503. The van der Waals surface area contributed by atoms with E-state index in [1.54, 1.807) is 30.3 Å². The molecule has 0 spiro atoms. The Balaban J connectivity index is 1.68. The van der Waals surface area contributed by atoms with E-state index in [1.807, 2.05) is 32.0 Å². The van der Waals surface area contributed by atoms with Crippen LogP contribution in [0.2, 0.25) is 5.02 Å². The fourth-order valence-corrected chi connectivity index (χ4v) is 4.16. The van der Waals surface area contributed by atoms with E-state index in [-0.39, 0.29) is 10.8 Å². The number of anilines is 2. The number of benzene rings is 3. The molecule has 7 heteroatoms. The number of rotatable bonds is 6. The highest BCUT2D eigenvalue weighted by Crippen LogP contribution is 2.21. The summed E-state index contributed by atoms with van der Waals surface area (Å²) in [6, 6.07) is 18.6. The molecule has 0 unspecified atom stereocenters. The summed E-state index contributed by atoms with van der Waals surface area (Å²) in [5, 5.41) is 3.24. The van der Waals surface area contributed by atoms with Gasteiger partial charge >= 0.3 is 0 Å². The van der Waals surface area contributed by atoms with E-state index in [9.17, 15) is 13.2 Å². The van der Waals surface area contributed by atoms with Crippen LogP contribution in [0.25, 0.3) is 6.08 Å². The lowest BCUT2D eigenvalue weighted by molar-refractivity contribution is -0.111. The maximum absolute atomic E-state index is 12.6. The topological polar surface area (TPSA) is 75.3 Å². The van der Waals surface area contributed by atoms with E-state index in [0.717, 1.165) is 16.7 Å². The van der Waals surface area contributed by atoms with Crippen LogP contribution >= 0.6 is 11.6 Å². The molecule has 0 saturated heterocycles. The van der Waals surface area contributed by atoms with Gasteiger partial charge in [0.25, 0.3) is 10.0 Å². The van der Waals surface area contributed by atoms with Crippen LogP contribution < -0.4 is 10.0 Å². The number of aryl methyl sites for hydroxylation is 2. The molecule has 0 aliphatic rings. The third kappa shape index (κ3) is 5.72. The average molecular weight is 441 g/mol. The Labute approximate surface area is 181 Å². The third-order valence-corrected chi connectivity index (χ3v) is 5.97. The lowest BCUT2D eigenvalue weighted by Gasteiger charge is -2.10. The van der Waals surface area contributed by atoms with Crippen LogP contribution in [0.5, 0.6) is 0 Å². The summed E-state index contributed by atoms with van der Waals surface area (Å²) in [6.45, 7) is 3.81. The molecule has 0 heterocycles. The van der Waals surface area contributed by atoms with E-state index < -0.39 is 10.0 Å². The van der Waals surface area contributed by atoms with Gasteiger partial charge in [-0.3, -0.25) is 9.52 Å².